The summed E-state index contributed by atoms with van der Waals surface area (Å²) in [6.07, 6.45) is 2.82. The first-order chi connectivity index (χ1) is 9.56. The summed E-state index contributed by atoms with van der Waals surface area (Å²) in [4.78, 5) is 11.7. The molecule has 0 spiro atoms. The van der Waals surface area contributed by atoms with Crippen LogP contribution in [0.4, 0.5) is 0 Å². The van der Waals surface area contributed by atoms with Gasteiger partial charge in [-0.1, -0.05) is 45.2 Å². The minimum Gasteiger partial charge on any atom is -0.423 e. The van der Waals surface area contributed by atoms with Gasteiger partial charge in [0.05, 0.1) is 0 Å². The normalized spacial score (nSPS) is 10.8. The Morgan fingerprint density at radius 1 is 1.05 bits per heavy atom. The Morgan fingerprint density at radius 3 is 2.25 bits per heavy atom. The molecular formula is C15H9BrCl2O2. The highest BCUT2D eigenvalue weighted by Crippen LogP contribution is 2.25. The Labute approximate surface area is 135 Å². The average molecular weight is 372 g/mol. The third-order valence-electron chi connectivity index (χ3n) is 2.42. The fourth-order valence-electron chi connectivity index (χ4n) is 1.47. The summed E-state index contributed by atoms with van der Waals surface area (Å²) in [5.41, 5.74) is 0.587. The molecule has 0 saturated heterocycles. The lowest BCUT2D eigenvalue weighted by atomic mass is 10.2. The molecule has 0 amide bonds. The number of hydrogen-bond donors (Lipinski definition) is 0. The van der Waals surface area contributed by atoms with Crippen LogP contribution >= 0.6 is 39.1 Å². The summed E-state index contributed by atoms with van der Waals surface area (Å²) in [5.74, 6) is -0.0311. The van der Waals surface area contributed by atoms with Crippen LogP contribution in [0, 0.1) is 0 Å². The second kappa shape index (κ2) is 6.93. The second-order valence-corrected chi connectivity index (χ2v) is 5.57. The van der Waals surface area contributed by atoms with Crippen LogP contribution < -0.4 is 4.74 Å². The predicted octanol–water partition coefficient (Wildman–Crippen LogP) is 5.37. The zero-order chi connectivity index (χ0) is 14.5. The molecule has 20 heavy (non-hydrogen) atoms. The van der Waals surface area contributed by atoms with Gasteiger partial charge in [-0.05, 0) is 42.5 Å². The van der Waals surface area contributed by atoms with Crippen molar-refractivity contribution >= 4 is 51.2 Å². The molecule has 0 unspecified atom stereocenters. The molecule has 2 aromatic rings. The molecule has 0 aliphatic heterocycles. The standard InChI is InChI=1S/C15H9BrCl2O2/c16-10-4-6-11(7-5-10)20-15(19)9-8-12-13(17)2-1-3-14(12)18/h1-9H/b9-8+. The Morgan fingerprint density at radius 2 is 1.65 bits per heavy atom. The first kappa shape index (κ1) is 15.1. The van der Waals surface area contributed by atoms with E-state index in [4.69, 9.17) is 27.9 Å². The average Bonchev–Trinajstić information content (AvgIpc) is 2.41. The zero-order valence-electron chi connectivity index (χ0n) is 10.1. The summed E-state index contributed by atoms with van der Waals surface area (Å²) in [6.45, 7) is 0. The third kappa shape index (κ3) is 4.10. The highest BCUT2D eigenvalue weighted by molar-refractivity contribution is 9.10. The molecule has 5 heteroatoms. The SMILES string of the molecule is O=C(/C=C/c1c(Cl)cccc1Cl)Oc1ccc(Br)cc1. The van der Waals surface area contributed by atoms with Gasteiger partial charge in [-0.3, -0.25) is 0 Å². The number of rotatable bonds is 3. The fourth-order valence-corrected chi connectivity index (χ4v) is 2.26. The molecular weight excluding hydrogens is 363 g/mol. The van der Waals surface area contributed by atoms with Crippen molar-refractivity contribution in [3.8, 4) is 5.75 Å². The second-order valence-electron chi connectivity index (χ2n) is 3.84. The largest absolute Gasteiger partial charge is 0.423 e. The van der Waals surface area contributed by atoms with E-state index in [-0.39, 0.29) is 0 Å². The van der Waals surface area contributed by atoms with Crippen molar-refractivity contribution in [2.75, 3.05) is 0 Å². The van der Waals surface area contributed by atoms with Crippen LogP contribution in [0.25, 0.3) is 6.08 Å². The van der Waals surface area contributed by atoms with Crippen molar-refractivity contribution < 1.29 is 9.53 Å². The van der Waals surface area contributed by atoms with E-state index in [1.807, 2.05) is 0 Å². The van der Waals surface area contributed by atoms with E-state index in [1.54, 1.807) is 42.5 Å². The maximum Gasteiger partial charge on any atom is 0.336 e. The van der Waals surface area contributed by atoms with Crippen LogP contribution in [0.1, 0.15) is 5.56 Å². The van der Waals surface area contributed by atoms with Gasteiger partial charge in [-0.25, -0.2) is 4.79 Å². The molecule has 2 aromatic carbocycles. The Balaban J connectivity index is 2.08. The minimum atomic E-state index is -0.497. The highest BCUT2D eigenvalue weighted by Gasteiger charge is 2.04. The number of hydrogen-bond acceptors (Lipinski definition) is 2. The predicted molar refractivity (Wildman–Crippen MR) is 85.3 cm³/mol. The van der Waals surface area contributed by atoms with Gasteiger partial charge in [-0.2, -0.15) is 0 Å². The molecule has 0 fully saturated rings. The molecule has 0 atom stereocenters. The van der Waals surface area contributed by atoms with Gasteiger partial charge in [0.15, 0.2) is 0 Å². The maximum absolute atomic E-state index is 11.7. The molecule has 0 radical (unpaired) electrons. The van der Waals surface area contributed by atoms with Crippen LogP contribution in [0.2, 0.25) is 10.0 Å². The molecule has 0 aromatic heterocycles. The van der Waals surface area contributed by atoms with Crippen molar-refractivity contribution in [2.45, 2.75) is 0 Å². The van der Waals surface area contributed by atoms with Gasteiger partial charge >= 0.3 is 5.97 Å². The van der Waals surface area contributed by atoms with Gasteiger partial charge in [0.1, 0.15) is 5.75 Å². The number of benzene rings is 2. The maximum atomic E-state index is 11.7. The molecule has 0 N–H and O–H groups in total. The van der Waals surface area contributed by atoms with Crippen molar-refractivity contribution in [3.63, 3.8) is 0 Å². The van der Waals surface area contributed by atoms with E-state index >= 15 is 0 Å². The minimum absolute atomic E-state index is 0.466. The number of carbonyl (C=O) groups is 1. The van der Waals surface area contributed by atoms with Crippen LogP contribution in [0.3, 0.4) is 0 Å². The van der Waals surface area contributed by atoms with Gasteiger partial charge in [0, 0.05) is 26.2 Å². The monoisotopic (exact) mass is 370 g/mol. The summed E-state index contributed by atoms with van der Waals surface area (Å²) < 4.78 is 6.05. The Bertz CT molecular complexity index is 631. The lowest BCUT2D eigenvalue weighted by Crippen LogP contribution is -2.03. The molecule has 0 saturated carbocycles. The highest BCUT2D eigenvalue weighted by atomic mass is 79.9. The smallest absolute Gasteiger partial charge is 0.336 e. The Kier molecular flexibility index (Phi) is 5.24. The van der Waals surface area contributed by atoms with Gasteiger partial charge in [0.25, 0.3) is 0 Å². The molecule has 0 aliphatic rings. The van der Waals surface area contributed by atoms with E-state index in [2.05, 4.69) is 15.9 Å². The summed E-state index contributed by atoms with van der Waals surface area (Å²) in [6, 6.07) is 12.1. The molecule has 2 rings (SSSR count). The van der Waals surface area contributed by atoms with E-state index in [0.717, 1.165) is 4.47 Å². The summed E-state index contributed by atoms with van der Waals surface area (Å²) in [5, 5.41) is 0.954. The van der Waals surface area contributed by atoms with Crippen LogP contribution in [-0.4, -0.2) is 5.97 Å². The van der Waals surface area contributed by atoms with Crippen molar-refractivity contribution in [1.29, 1.82) is 0 Å². The van der Waals surface area contributed by atoms with Gasteiger partial charge in [0.2, 0.25) is 0 Å². The summed E-state index contributed by atoms with van der Waals surface area (Å²) >= 11 is 15.3. The molecule has 102 valence electrons. The van der Waals surface area contributed by atoms with Gasteiger partial charge < -0.3 is 4.74 Å². The lowest BCUT2D eigenvalue weighted by molar-refractivity contribution is -0.128. The van der Waals surface area contributed by atoms with Gasteiger partial charge in [-0.15, -0.1) is 0 Å². The first-order valence-electron chi connectivity index (χ1n) is 5.66. The van der Waals surface area contributed by atoms with Crippen molar-refractivity contribution in [1.82, 2.24) is 0 Å². The lowest BCUT2D eigenvalue weighted by Gasteiger charge is -2.02. The Hall–Kier alpha value is -1.29. The van der Waals surface area contributed by atoms with Crippen LogP contribution in [-0.2, 0) is 4.79 Å². The topological polar surface area (TPSA) is 26.3 Å². The van der Waals surface area contributed by atoms with Crippen LogP contribution in [0.5, 0.6) is 5.75 Å². The van der Waals surface area contributed by atoms with Crippen LogP contribution in [0.15, 0.2) is 53.0 Å². The van der Waals surface area contributed by atoms with E-state index in [9.17, 15) is 4.79 Å². The summed E-state index contributed by atoms with van der Waals surface area (Å²) in [7, 11) is 0. The van der Waals surface area contributed by atoms with Crippen molar-refractivity contribution in [3.05, 3.63) is 68.6 Å². The van der Waals surface area contributed by atoms with E-state index in [1.165, 1.54) is 12.2 Å². The quantitative estimate of drug-likeness (QED) is 0.411. The molecule has 0 bridgehead atoms. The number of esters is 1. The van der Waals surface area contributed by atoms with E-state index in [0.29, 0.717) is 21.4 Å². The molecule has 0 heterocycles. The number of halogens is 3. The zero-order valence-corrected chi connectivity index (χ0v) is 13.2. The van der Waals surface area contributed by atoms with E-state index < -0.39 is 5.97 Å². The fraction of sp³-hybridized carbons (Fsp3) is 0. The number of carbonyl (C=O) groups excluding carboxylic acids is 1. The molecule has 0 aliphatic carbocycles. The third-order valence-corrected chi connectivity index (χ3v) is 3.61. The molecule has 2 nitrogen and oxygen atoms in total. The number of ether oxygens (including phenoxy) is 1. The van der Waals surface area contributed by atoms with Crippen molar-refractivity contribution in [2.24, 2.45) is 0 Å². The first-order valence-corrected chi connectivity index (χ1v) is 7.20.